The normalized spacial score (nSPS) is 11.2. The number of nitrogens with one attached hydrogen (secondary N) is 1. The predicted octanol–water partition coefficient (Wildman–Crippen LogP) is 2.01. The monoisotopic (exact) mass is 243 g/mol. The average molecular weight is 243 g/mol. The van der Waals surface area contributed by atoms with Crippen LogP contribution in [0.2, 0.25) is 0 Å². The topological polar surface area (TPSA) is 47.0 Å². The summed E-state index contributed by atoms with van der Waals surface area (Å²) in [6, 6.07) is 0.558. The van der Waals surface area contributed by atoms with Gasteiger partial charge in [0.2, 0.25) is 0 Å². The van der Waals surface area contributed by atoms with Crippen molar-refractivity contribution >= 4 is 11.3 Å². The zero-order valence-electron chi connectivity index (χ0n) is 10.3. The maximum absolute atomic E-state index is 5.29. The fourth-order valence-electron chi connectivity index (χ4n) is 1.27. The van der Waals surface area contributed by atoms with Gasteiger partial charge in [-0.1, -0.05) is 25.2 Å². The molecule has 0 aromatic carbocycles. The third-order valence-corrected chi connectivity index (χ3v) is 3.01. The van der Waals surface area contributed by atoms with Crippen LogP contribution in [0.3, 0.4) is 0 Å². The summed E-state index contributed by atoms with van der Waals surface area (Å²) in [5.74, 6) is 0. The SMILES string of the molecule is CCOCc1nnc(CCCNC(C)C)s1. The summed E-state index contributed by atoms with van der Waals surface area (Å²) in [6.07, 6.45) is 2.12. The van der Waals surface area contributed by atoms with Gasteiger partial charge in [-0.15, -0.1) is 10.2 Å². The number of hydrogen-bond donors (Lipinski definition) is 1. The van der Waals surface area contributed by atoms with E-state index in [4.69, 9.17) is 4.74 Å². The summed E-state index contributed by atoms with van der Waals surface area (Å²) < 4.78 is 5.29. The van der Waals surface area contributed by atoms with E-state index in [1.807, 2.05) is 6.92 Å². The van der Waals surface area contributed by atoms with Crippen molar-refractivity contribution in [2.45, 2.75) is 46.3 Å². The second-order valence-electron chi connectivity index (χ2n) is 3.94. The molecule has 0 spiro atoms. The summed E-state index contributed by atoms with van der Waals surface area (Å²) in [5.41, 5.74) is 0. The number of hydrogen-bond acceptors (Lipinski definition) is 5. The number of ether oxygens (including phenoxy) is 1. The van der Waals surface area contributed by atoms with Crippen LogP contribution in [0.4, 0.5) is 0 Å². The van der Waals surface area contributed by atoms with Gasteiger partial charge in [0.25, 0.3) is 0 Å². The van der Waals surface area contributed by atoms with Gasteiger partial charge in [0, 0.05) is 19.1 Å². The lowest BCUT2D eigenvalue weighted by atomic mass is 10.3. The van der Waals surface area contributed by atoms with Gasteiger partial charge in [-0.25, -0.2) is 0 Å². The molecule has 0 radical (unpaired) electrons. The van der Waals surface area contributed by atoms with Crippen molar-refractivity contribution in [3.8, 4) is 0 Å². The van der Waals surface area contributed by atoms with E-state index in [2.05, 4.69) is 29.4 Å². The molecule has 1 aromatic heterocycles. The number of aryl methyl sites for hydroxylation is 1. The van der Waals surface area contributed by atoms with Crippen LogP contribution < -0.4 is 5.32 Å². The minimum absolute atomic E-state index is 0.558. The summed E-state index contributed by atoms with van der Waals surface area (Å²) in [5, 5.41) is 13.7. The molecule has 92 valence electrons. The highest BCUT2D eigenvalue weighted by atomic mass is 32.1. The van der Waals surface area contributed by atoms with Crippen LogP contribution in [0.1, 0.15) is 37.2 Å². The van der Waals surface area contributed by atoms with Crippen LogP contribution in [-0.4, -0.2) is 29.4 Å². The van der Waals surface area contributed by atoms with Gasteiger partial charge < -0.3 is 10.1 Å². The molecule has 4 nitrogen and oxygen atoms in total. The molecular formula is C11H21N3OS. The largest absolute Gasteiger partial charge is 0.374 e. The molecule has 0 aliphatic heterocycles. The smallest absolute Gasteiger partial charge is 0.143 e. The maximum Gasteiger partial charge on any atom is 0.143 e. The van der Waals surface area contributed by atoms with Crippen LogP contribution in [0.15, 0.2) is 0 Å². The van der Waals surface area contributed by atoms with E-state index in [0.29, 0.717) is 12.6 Å². The van der Waals surface area contributed by atoms with Crippen LogP contribution in [0.25, 0.3) is 0 Å². The Hall–Kier alpha value is -0.520. The Morgan fingerprint density at radius 2 is 2.06 bits per heavy atom. The van der Waals surface area contributed by atoms with E-state index >= 15 is 0 Å². The first-order valence-electron chi connectivity index (χ1n) is 5.84. The van der Waals surface area contributed by atoms with Crippen molar-refractivity contribution in [3.05, 3.63) is 10.0 Å². The van der Waals surface area contributed by atoms with Crippen molar-refractivity contribution < 1.29 is 4.74 Å². The molecule has 16 heavy (non-hydrogen) atoms. The zero-order valence-corrected chi connectivity index (χ0v) is 11.1. The van der Waals surface area contributed by atoms with Gasteiger partial charge in [-0.2, -0.15) is 0 Å². The fourth-order valence-corrected chi connectivity index (χ4v) is 2.09. The molecule has 0 unspecified atom stereocenters. The molecule has 0 fully saturated rings. The summed E-state index contributed by atoms with van der Waals surface area (Å²) in [7, 11) is 0. The zero-order chi connectivity index (χ0) is 11.8. The molecule has 0 aliphatic carbocycles. The quantitative estimate of drug-likeness (QED) is 0.709. The second kappa shape index (κ2) is 7.70. The van der Waals surface area contributed by atoms with Crippen molar-refractivity contribution in [2.75, 3.05) is 13.2 Å². The molecule has 1 heterocycles. The second-order valence-corrected chi connectivity index (χ2v) is 5.09. The van der Waals surface area contributed by atoms with E-state index < -0.39 is 0 Å². The van der Waals surface area contributed by atoms with Gasteiger partial charge >= 0.3 is 0 Å². The Labute approximate surface area is 101 Å². The highest BCUT2D eigenvalue weighted by Gasteiger charge is 2.03. The molecular weight excluding hydrogens is 222 g/mol. The first-order chi connectivity index (χ1) is 7.72. The van der Waals surface area contributed by atoms with E-state index in [1.165, 1.54) is 0 Å². The number of nitrogens with zero attached hydrogens (tertiary/aromatic N) is 2. The lowest BCUT2D eigenvalue weighted by molar-refractivity contribution is 0.133. The van der Waals surface area contributed by atoms with E-state index in [9.17, 15) is 0 Å². The Morgan fingerprint density at radius 3 is 2.75 bits per heavy atom. The number of aromatic nitrogens is 2. The van der Waals surface area contributed by atoms with Gasteiger partial charge in [0.05, 0.1) is 0 Å². The van der Waals surface area contributed by atoms with Crippen molar-refractivity contribution in [1.82, 2.24) is 15.5 Å². The maximum atomic E-state index is 5.29. The Balaban J connectivity index is 2.19. The Morgan fingerprint density at radius 1 is 1.31 bits per heavy atom. The third-order valence-electron chi connectivity index (χ3n) is 2.06. The van der Waals surface area contributed by atoms with Gasteiger partial charge in [-0.3, -0.25) is 0 Å². The molecule has 0 atom stereocenters. The highest BCUT2D eigenvalue weighted by molar-refractivity contribution is 7.11. The lowest BCUT2D eigenvalue weighted by Crippen LogP contribution is -2.23. The van der Waals surface area contributed by atoms with E-state index in [0.717, 1.165) is 36.0 Å². The van der Waals surface area contributed by atoms with Crippen molar-refractivity contribution in [2.24, 2.45) is 0 Å². The molecule has 1 aromatic rings. The Kier molecular flexibility index (Phi) is 6.52. The molecule has 5 heteroatoms. The molecule has 1 rings (SSSR count). The van der Waals surface area contributed by atoms with Crippen molar-refractivity contribution in [1.29, 1.82) is 0 Å². The van der Waals surface area contributed by atoms with Crippen LogP contribution in [0.5, 0.6) is 0 Å². The fraction of sp³-hybridized carbons (Fsp3) is 0.818. The first kappa shape index (κ1) is 13.5. The van der Waals surface area contributed by atoms with Gasteiger partial charge in [0.1, 0.15) is 16.6 Å². The standard InChI is InChI=1S/C11H21N3OS/c1-4-15-8-11-14-13-10(16-11)6-5-7-12-9(2)3/h9,12H,4-8H2,1-3H3. The van der Waals surface area contributed by atoms with E-state index in [-0.39, 0.29) is 0 Å². The average Bonchev–Trinajstić information content (AvgIpc) is 2.69. The molecule has 0 bridgehead atoms. The lowest BCUT2D eigenvalue weighted by Gasteiger charge is -2.05. The summed E-state index contributed by atoms with van der Waals surface area (Å²) in [6.45, 7) is 8.67. The molecule has 0 saturated carbocycles. The van der Waals surface area contributed by atoms with Gasteiger partial charge in [0.15, 0.2) is 0 Å². The molecule has 0 aliphatic rings. The van der Waals surface area contributed by atoms with Crippen LogP contribution in [0, 0.1) is 0 Å². The number of rotatable bonds is 8. The van der Waals surface area contributed by atoms with Crippen molar-refractivity contribution in [3.63, 3.8) is 0 Å². The van der Waals surface area contributed by atoms with E-state index in [1.54, 1.807) is 11.3 Å². The third kappa shape index (κ3) is 5.53. The highest BCUT2D eigenvalue weighted by Crippen LogP contribution is 2.12. The Bertz CT molecular complexity index is 289. The molecule has 1 N–H and O–H groups in total. The summed E-state index contributed by atoms with van der Waals surface area (Å²) in [4.78, 5) is 0. The minimum atomic E-state index is 0.558. The first-order valence-corrected chi connectivity index (χ1v) is 6.66. The minimum Gasteiger partial charge on any atom is -0.374 e. The van der Waals surface area contributed by atoms with Gasteiger partial charge in [-0.05, 0) is 19.9 Å². The summed E-state index contributed by atoms with van der Waals surface area (Å²) >= 11 is 1.66. The van der Waals surface area contributed by atoms with Crippen LogP contribution in [-0.2, 0) is 17.8 Å². The van der Waals surface area contributed by atoms with Crippen LogP contribution >= 0.6 is 11.3 Å². The molecule has 0 saturated heterocycles. The molecule has 0 amide bonds. The predicted molar refractivity (Wildman–Crippen MR) is 66.7 cm³/mol.